The summed E-state index contributed by atoms with van der Waals surface area (Å²) in [6.07, 6.45) is 4.30. The van der Waals surface area contributed by atoms with E-state index in [2.05, 4.69) is 0 Å². The number of ketones is 1. The van der Waals surface area contributed by atoms with E-state index in [1.54, 1.807) is 24.3 Å². The van der Waals surface area contributed by atoms with E-state index in [4.69, 9.17) is 22.1 Å². The van der Waals surface area contributed by atoms with E-state index in [0.29, 0.717) is 34.9 Å². The highest BCUT2D eigenvalue weighted by Crippen LogP contribution is 2.32. The first kappa shape index (κ1) is 11.5. The summed E-state index contributed by atoms with van der Waals surface area (Å²) in [6, 6.07) is 5.24. The van der Waals surface area contributed by atoms with Crippen LogP contribution < -0.4 is 5.73 Å². The van der Waals surface area contributed by atoms with Crippen LogP contribution in [0.2, 0.25) is 5.02 Å². The van der Waals surface area contributed by atoms with Crippen molar-refractivity contribution in [1.82, 2.24) is 0 Å². The van der Waals surface area contributed by atoms with Crippen LogP contribution in [0.3, 0.4) is 0 Å². The summed E-state index contributed by atoms with van der Waals surface area (Å²) in [4.78, 5) is 12.4. The van der Waals surface area contributed by atoms with Gasteiger partial charge in [0.05, 0.1) is 5.57 Å². The van der Waals surface area contributed by atoms with Crippen LogP contribution >= 0.6 is 11.6 Å². The lowest BCUT2D eigenvalue weighted by Gasteiger charge is -2.16. The summed E-state index contributed by atoms with van der Waals surface area (Å²) in [5, 5.41) is 0.560. The predicted molar refractivity (Wildman–Crippen MR) is 69.3 cm³/mol. The first-order valence-corrected chi connectivity index (χ1v) is 6.17. The Labute approximate surface area is 110 Å². The van der Waals surface area contributed by atoms with Crippen LogP contribution in [0, 0.1) is 0 Å². The lowest BCUT2D eigenvalue weighted by molar-refractivity contribution is 0.103. The second-order valence-electron chi connectivity index (χ2n) is 4.43. The molecule has 2 N–H and O–H groups in total. The summed E-state index contributed by atoms with van der Waals surface area (Å²) in [6.45, 7) is 0.302. The molecule has 1 heterocycles. The third-order valence-corrected chi connectivity index (χ3v) is 3.56. The number of carbonyl (C=O) groups excluding carboxylic acids is 1. The van der Waals surface area contributed by atoms with Crippen molar-refractivity contribution in [2.45, 2.75) is 19.1 Å². The number of hydrogen-bond acceptors (Lipinski definition) is 3. The third-order valence-electron chi connectivity index (χ3n) is 3.21. The maximum atomic E-state index is 12.4. The van der Waals surface area contributed by atoms with Gasteiger partial charge in [0.25, 0.3) is 0 Å². The second kappa shape index (κ2) is 4.26. The van der Waals surface area contributed by atoms with Crippen molar-refractivity contribution in [2.24, 2.45) is 5.73 Å². The number of carbonyl (C=O) groups is 1. The van der Waals surface area contributed by atoms with Crippen LogP contribution in [0.15, 0.2) is 41.7 Å². The largest absolute Gasteiger partial charge is 0.488 e. The van der Waals surface area contributed by atoms with E-state index >= 15 is 0 Å². The van der Waals surface area contributed by atoms with E-state index in [1.165, 1.54) is 0 Å². The highest BCUT2D eigenvalue weighted by atomic mass is 35.5. The van der Waals surface area contributed by atoms with E-state index in [9.17, 15) is 4.79 Å². The summed E-state index contributed by atoms with van der Waals surface area (Å²) >= 11 is 6.11. The molecule has 1 unspecified atom stereocenters. The second-order valence-corrected chi connectivity index (χ2v) is 4.84. The average Bonchev–Trinajstić information content (AvgIpc) is 2.49. The minimum atomic E-state index is -0.0896. The number of ether oxygens (including phenoxy) is 1. The molecule has 1 aromatic carbocycles. The molecular formula is C14H12ClNO2. The van der Waals surface area contributed by atoms with Gasteiger partial charge >= 0.3 is 0 Å². The summed E-state index contributed by atoms with van der Waals surface area (Å²) in [5.41, 5.74) is 7.79. The number of benzene rings is 1. The van der Waals surface area contributed by atoms with E-state index in [1.807, 2.05) is 6.08 Å². The molecule has 0 radical (unpaired) electrons. The molecule has 0 aromatic heterocycles. The molecule has 1 aliphatic heterocycles. The van der Waals surface area contributed by atoms with E-state index in [0.717, 1.165) is 5.56 Å². The first-order chi connectivity index (χ1) is 8.66. The molecule has 0 amide bonds. The van der Waals surface area contributed by atoms with Crippen molar-refractivity contribution in [3.05, 3.63) is 57.8 Å². The molecule has 0 spiro atoms. The van der Waals surface area contributed by atoms with Crippen LogP contribution in [0.1, 0.15) is 22.3 Å². The van der Waals surface area contributed by atoms with Gasteiger partial charge in [-0.1, -0.05) is 29.8 Å². The van der Waals surface area contributed by atoms with Gasteiger partial charge in [-0.2, -0.15) is 0 Å². The molecule has 0 bridgehead atoms. The van der Waals surface area contributed by atoms with Gasteiger partial charge in [-0.3, -0.25) is 4.79 Å². The monoisotopic (exact) mass is 261 g/mol. The molecule has 4 heteroatoms. The van der Waals surface area contributed by atoms with Gasteiger partial charge in [0.1, 0.15) is 12.4 Å². The summed E-state index contributed by atoms with van der Waals surface area (Å²) in [5.74, 6) is 0.536. The SMILES string of the molecule is NC1C=C2OCc3c(Cl)cccc3C(=O)C2=CC1. The number of nitrogens with two attached hydrogens (primary N) is 1. The van der Waals surface area contributed by atoms with Crippen molar-refractivity contribution in [2.75, 3.05) is 0 Å². The molecule has 1 aromatic rings. The Morgan fingerprint density at radius 3 is 3.06 bits per heavy atom. The molecule has 0 saturated heterocycles. The topological polar surface area (TPSA) is 52.3 Å². The molecule has 3 rings (SSSR count). The van der Waals surface area contributed by atoms with Crippen LogP contribution in [0.4, 0.5) is 0 Å². The van der Waals surface area contributed by atoms with Crippen molar-refractivity contribution in [3.63, 3.8) is 0 Å². The molecule has 0 saturated carbocycles. The van der Waals surface area contributed by atoms with E-state index in [-0.39, 0.29) is 11.8 Å². The van der Waals surface area contributed by atoms with Gasteiger partial charge in [-0.15, -0.1) is 0 Å². The average molecular weight is 262 g/mol. The minimum Gasteiger partial charge on any atom is -0.488 e. The van der Waals surface area contributed by atoms with Crippen molar-refractivity contribution in [3.8, 4) is 0 Å². The maximum absolute atomic E-state index is 12.4. The highest BCUT2D eigenvalue weighted by molar-refractivity contribution is 6.32. The minimum absolute atomic E-state index is 0.0387. The highest BCUT2D eigenvalue weighted by Gasteiger charge is 2.28. The summed E-state index contributed by atoms with van der Waals surface area (Å²) in [7, 11) is 0. The molecule has 1 aliphatic carbocycles. The van der Waals surface area contributed by atoms with Gasteiger partial charge in [-0.25, -0.2) is 0 Å². The van der Waals surface area contributed by atoms with Crippen molar-refractivity contribution in [1.29, 1.82) is 0 Å². The molecular weight excluding hydrogens is 250 g/mol. The molecule has 2 aliphatic rings. The zero-order valence-electron chi connectivity index (χ0n) is 9.65. The van der Waals surface area contributed by atoms with Crippen LogP contribution in [-0.4, -0.2) is 11.8 Å². The predicted octanol–water partition coefficient (Wildman–Crippen LogP) is 2.59. The standard InChI is InChI=1S/C14H12ClNO2/c15-12-3-1-2-9-11(12)7-18-13-6-8(16)4-5-10(13)14(9)17/h1-3,5-6,8H,4,7,16H2. The lowest BCUT2D eigenvalue weighted by Crippen LogP contribution is -2.21. The van der Waals surface area contributed by atoms with Crippen molar-refractivity contribution < 1.29 is 9.53 Å². The maximum Gasteiger partial charge on any atom is 0.196 e. The molecule has 18 heavy (non-hydrogen) atoms. The van der Waals surface area contributed by atoms with Crippen LogP contribution in [-0.2, 0) is 11.3 Å². The van der Waals surface area contributed by atoms with Crippen LogP contribution in [0.5, 0.6) is 0 Å². The first-order valence-electron chi connectivity index (χ1n) is 5.79. The smallest absolute Gasteiger partial charge is 0.196 e. The molecule has 0 fully saturated rings. The van der Waals surface area contributed by atoms with Crippen LogP contribution in [0.25, 0.3) is 0 Å². The van der Waals surface area contributed by atoms with Gasteiger partial charge in [0.2, 0.25) is 0 Å². The van der Waals surface area contributed by atoms with E-state index < -0.39 is 0 Å². The lowest BCUT2D eigenvalue weighted by atomic mass is 9.94. The Morgan fingerprint density at radius 2 is 2.22 bits per heavy atom. The molecule has 92 valence electrons. The van der Waals surface area contributed by atoms with Gasteiger partial charge < -0.3 is 10.5 Å². The Morgan fingerprint density at radius 1 is 1.39 bits per heavy atom. The van der Waals surface area contributed by atoms with Crippen molar-refractivity contribution >= 4 is 17.4 Å². The Hall–Kier alpha value is -1.58. The van der Waals surface area contributed by atoms with Gasteiger partial charge in [0.15, 0.2) is 5.78 Å². The number of hydrogen-bond donors (Lipinski definition) is 1. The third kappa shape index (κ3) is 1.76. The number of rotatable bonds is 0. The number of allylic oxidation sites excluding steroid dienone is 1. The number of fused-ring (bicyclic) bond motifs is 2. The Bertz CT molecular complexity index is 589. The Balaban J connectivity index is 2.13. The summed E-state index contributed by atoms with van der Waals surface area (Å²) < 4.78 is 5.66. The quantitative estimate of drug-likeness (QED) is 0.781. The normalized spacial score (nSPS) is 22.1. The fourth-order valence-electron chi connectivity index (χ4n) is 2.25. The molecule has 3 nitrogen and oxygen atoms in total. The Kier molecular flexibility index (Phi) is 2.73. The zero-order chi connectivity index (χ0) is 12.7. The number of halogens is 1. The van der Waals surface area contributed by atoms with Gasteiger partial charge in [-0.05, 0) is 18.6 Å². The van der Waals surface area contributed by atoms with Gasteiger partial charge in [0, 0.05) is 22.2 Å². The zero-order valence-corrected chi connectivity index (χ0v) is 10.4. The fourth-order valence-corrected chi connectivity index (χ4v) is 2.48. The molecule has 1 atom stereocenters. The fraction of sp³-hybridized carbons (Fsp3) is 0.214. The number of Topliss-reactive ketones (excluding diaryl/α,β-unsaturated/α-hetero) is 1.